The topological polar surface area (TPSA) is 76.4 Å². The molecule has 0 bridgehead atoms. The van der Waals surface area contributed by atoms with Gasteiger partial charge in [0.15, 0.2) is 5.60 Å². The standard InChI is InChI=1S/C24H25ClF3N3O3/c1-23(2,22(32)33)34-21-10-7-15(11-18(21)25)19(29-3)12-17-13-20(30-31(17)4)14-5-8-16(9-6-14)24(26,27)28/h5-11,13,19,29H,12H2,1-4H3,(H,32,33). The number of nitrogens with one attached hydrogen (secondary N) is 1. The van der Waals surface area contributed by atoms with E-state index in [9.17, 15) is 23.1 Å². The summed E-state index contributed by atoms with van der Waals surface area (Å²) < 4.78 is 45.7. The third-order valence-electron chi connectivity index (χ3n) is 5.48. The molecule has 2 N–H and O–H groups in total. The number of rotatable bonds is 8. The van der Waals surface area contributed by atoms with Crippen LogP contribution in [0, 0.1) is 0 Å². The van der Waals surface area contributed by atoms with Gasteiger partial charge in [-0.3, -0.25) is 4.68 Å². The van der Waals surface area contributed by atoms with Gasteiger partial charge in [-0.2, -0.15) is 18.3 Å². The predicted octanol–water partition coefficient (Wildman–Crippen LogP) is 5.50. The van der Waals surface area contributed by atoms with Crippen molar-refractivity contribution in [2.45, 2.75) is 38.1 Å². The third-order valence-corrected chi connectivity index (χ3v) is 5.78. The Bertz CT molecular complexity index is 1170. The van der Waals surface area contributed by atoms with Gasteiger partial charge >= 0.3 is 12.1 Å². The fraction of sp³-hybridized carbons (Fsp3) is 0.333. The normalized spacial score (nSPS) is 13.1. The first-order chi connectivity index (χ1) is 15.8. The molecule has 1 unspecified atom stereocenters. The van der Waals surface area contributed by atoms with Crippen LogP contribution in [-0.4, -0.2) is 33.5 Å². The molecule has 10 heteroatoms. The summed E-state index contributed by atoms with van der Waals surface area (Å²) in [6, 6.07) is 11.7. The fourth-order valence-corrected chi connectivity index (χ4v) is 3.63. The maximum absolute atomic E-state index is 12.8. The van der Waals surface area contributed by atoms with Gasteiger partial charge in [-0.1, -0.05) is 29.8 Å². The van der Waals surface area contributed by atoms with Crippen molar-refractivity contribution in [2.75, 3.05) is 7.05 Å². The molecule has 0 saturated carbocycles. The lowest BCUT2D eigenvalue weighted by molar-refractivity contribution is -0.152. The van der Waals surface area contributed by atoms with E-state index in [0.29, 0.717) is 17.7 Å². The Morgan fingerprint density at radius 2 is 1.82 bits per heavy atom. The quantitative estimate of drug-likeness (QED) is 0.431. The van der Waals surface area contributed by atoms with Crippen molar-refractivity contribution in [3.63, 3.8) is 0 Å². The van der Waals surface area contributed by atoms with Gasteiger partial charge in [0, 0.05) is 30.8 Å². The zero-order valence-corrected chi connectivity index (χ0v) is 19.8. The van der Waals surface area contributed by atoms with Crippen LogP contribution in [0.15, 0.2) is 48.5 Å². The molecule has 0 amide bonds. The second-order valence-corrected chi connectivity index (χ2v) is 8.78. The molecule has 6 nitrogen and oxygen atoms in total. The summed E-state index contributed by atoms with van der Waals surface area (Å²) in [5.74, 6) is -0.849. The molecule has 1 aromatic heterocycles. The monoisotopic (exact) mass is 495 g/mol. The number of carboxylic acid groups (broad SMARTS) is 1. The molecule has 0 aliphatic carbocycles. The minimum absolute atomic E-state index is 0.158. The number of benzene rings is 2. The first-order valence-corrected chi connectivity index (χ1v) is 10.8. The van der Waals surface area contributed by atoms with Crippen molar-refractivity contribution in [2.24, 2.45) is 7.05 Å². The van der Waals surface area contributed by atoms with E-state index < -0.39 is 23.3 Å². The van der Waals surface area contributed by atoms with Crippen molar-refractivity contribution in [1.82, 2.24) is 15.1 Å². The van der Waals surface area contributed by atoms with E-state index in [4.69, 9.17) is 16.3 Å². The first-order valence-electron chi connectivity index (χ1n) is 10.4. The molecule has 182 valence electrons. The van der Waals surface area contributed by atoms with Crippen LogP contribution in [-0.2, 0) is 24.4 Å². The highest BCUT2D eigenvalue weighted by Crippen LogP contribution is 2.33. The maximum atomic E-state index is 12.8. The molecular weight excluding hydrogens is 471 g/mol. The van der Waals surface area contributed by atoms with Crippen molar-refractivity contribution >= 4 is 17.6 Å². The summed E-state index contributed by atoms with van der Waals surface area (Å²) in [5, 5.41) is 17.2. The van der Waals surface area contributed by atoms with Gasteiger partial charge in [-0.25, -0.2) is 4.79 Å². The number of hydrogen-bond acceptors (Lipinski definition) is 4. The van der Waals surface area contributed by atoms with Crippen LogP contribution in [0.3, 0.4) is 0 Å². The molecule has 0 radical (unpaired) electrons. The Morgan fingerprint density at radius 3 is 2.35 bits per heavy atom. The molecule has 0 spiro atoms. The minimum atomic E-state index is -4.39. The molecule has 2 aromatic carbocycles. The number of nitrogens with zero attached hydrogens (tertiary/aromatic N) is 2. The maximum Gasteiger partial charge on any atom is 0.416 e. The smallest absolute Gasteiger partial charge is 0.416 e. The summed E-state index contributed by atoms with van der Waals surface area (Å²) in [4.78, 5) is 11.3. The summed E-state index contributed by atoms with van der Waals surface area (Å²) in [6.07, 6.45) is -3.86. The number of ether oxygens (including phenoxy) is 1. The zero-order chi connectivity index (χ0) is 25.3. The number of alkyl halides is 3. The second kappa shape index (κ2) is 9.68. The lowest BCUT2D eigenvalue weighted by Crippen LogP contribution is -2.38. The molecular formula is C24H25ClF3N3O3. The number of hydrogen-bond donors (Lipinski definition) is 2. The zero-order valence-electron chi connectivity index (χ0n) is 19.1. The number of carbonyl (C=O) groups is 1. The number of carboxylic acids is 1. The van der Waals surface area contributed by atoms with Crippen molar-refractivity contribution in [3.8, 4) is 17.0 Å². The van der Waals surface area contributed by atoms with Gasteiger partial charge in [-0.05, 0) is 56.8 Å². The molecule has 0 saturated heterocycles. The van der Waals surface area contributed by atoms with Crippen LogP contribution >= 0.6 is 11.6 Å². The average Bonchev–Trinajstić information content (AvgIpc) is 3.13. The summed E-state index contributed by atoms with van der Waals surface area (Å²) in [6.45, 7) is 2.87. The Balaban J connectivity index is 1.80. The Morgan fingerprint density at radius 1 is 1.18 bits per heavy atom. The van der Waals surface area contributed by atoms with E-state index in [2.05, 4.69) is 10.4 Å². The second-order valence-electron chi connectivity index (χ2n) is 8.37. The van der Waals surface area contributed by atoms with E-state index in [1.807, 2.05) is 6.07 Å². The molecule has 1 heterocycles. The van der Waals surface area contributed by atoms with E-state index >= 15 is 0 Å². The molecule has 1 atom stereocenters. The van der Waals surface area contributed by atoms with E-state index in [-0.39, 0.29) is 16.8 Å². The van der Waals surface area contributed by atoms with Crippen LogP contribution in [0.4, 0.5) is 13.2 Å². The van der Waals surface area contributed by atoms with E-state index in [1.165, 1.54) is 26.0 Å². The Hall–Kier alpha value is -3.04. The largest absolute Gasteiger partial charge is 0.478 e. The lowest BCUT2D eigenvalue weighted by Gasteiger charge is -2.23. The number of aliphatic carboxylic acids is 1. The summed E-state index contributed by atoms with van der Waals surface area (Å²) in [7, 11) is 3.57. The molecule has 3 aromatic rings. The fourth-order valence-electron chi connectivity index (χ4n) is 3.40. The highest BCUT2D eigenvalue weighted by Gasteiger charge is 2.31. The number of aryl methyl sites for hydroxylation is 1. The molecule has 0 aliphatic heterocycles. The molecule has 3 rings (SSSR count). The SMILES string of the molecule is CNC(Cc1cc(-c2ccc(C(F)(F)F)cc2)nn1C)c1ccc(OC(C)(C)C(=O)O)c(Cl)c1. The van der Waals surface area contributed by atoms with Crippen LogP contribution in [0.1, 0.15) is 36.7 Å². The summed E-state index contributed by atoms with van der Waals surface area (Å²) in [5.41, 5.74) is 0.721. The van der Waals surface area contributed by atoms with E-state index in [0.717, 1.165) is 23.4 Å². The number of likely N-dealkylation sites (N-methyl/N-ethyl adjacent to an activating group) is 1. The van der Waals surface area contributed by atoms with Crippen molar-refractivity contribution < 1.29 is 27.8 Å². The Labute approximate surface area is 200 Å². The highest BCUT2D eigenvalue weighted by molar-refractivity contribution is 6.32. The van der Waals surface area contributed by atoms with Crippen LogP contribution in [0.5, 0.6) is 5.75 Å². The summed E-state index contributed by atoms with van der Waals surface area (Å²) >= 11 is 6.36. The predicted molar refractivity (Wildman–Crippen MR) is 123 cm³/mol. The van der Waals surface area contributed by atoms with Gasteiger partial charge in [0.05, 0.1) is 16.3 Å². The van der Waals surface area contributed by atoms with Crippen LogP contribution < -0.4 is 10.1 Å². The average molecular weight is 496 g/mol. The van der Waals surface area contributed by atoms with Crippen molar-refractivity contribution in [3.05, 3.63) is 70.4 Å². The third kappa shape index (κ3) is 5.71. The number of aromatic nitrogens is 2. The number of halogens is 4. The van der Waals surface area contributed by atoms with Gasteiger partial charge in [0.2, 0.25) is 0 Å². The van der Waals surface area contributed by atoms with Gasteiger partial charge in [0.1, 0.15) is 5.75 Å². The van der Waals surface area contributed by atoms with Gasteiger partial charge in [0.25, 0.3) is 0 Å². The minimum Gasteiger partial charge on any atom is -0.478 e. The molecule has 0 aliphatic rings. The highest BCUT2D eigenvalue weighted by atomic mass is 35.5. The van der Waals surface area contributed by atoms with Crippen LogP contribution in [0.25, 0.3) is 11.3 Å². The van der Waals surface area contributed by atoms with Gasteiger partial charge in [-0.15, -0.1) is 0 Å². The van der Waals surface area contributed by atoms with E-state index in [1.54, 1.807) is 37.0 Å². The van der Waals surface area contributed by atoms with Crippen LogP contribution in [0.2, 0.25) is 5.02 Å². The first kappa shape index (κ1) is 25.6. The Kier molecular flexibility index (Phi) is 7.28. The molecule has 0 fully saturated rings. The lowest BCUT2D eigenvalue weighted by atomic mass is 10.0. The molecule has 34 heavy (non-hydrogen) atoms. The van der Waals surface area contributed by atoms with Crippen molar-refractivity contribution in [1.29, 1.82) is 0 Å². The van der Waals surface area contributed by atoms with Gasteiger partial charge < -0.3 is 15.2 Å².